The second kappa shape index (κ2) is 10.0. The summed E-state index contributed by atoms with van der Waals surface area (Å²) in [6.45, 7) is 13.6. The van der Waals surface area contributed by atoms with Crippen LogP contribution in [-0.2, 0) is 11.3 Å². The van der Waals surface area contributed by atoms with Gasteiger partial charge in [-0.15, -0.1) is 0 Å². The number of benzene rings is 1. The molecule has 1 aromatic carbocycles. The van der Waals surface area contributed by atoms with Gasteiger partial charge >= 0.3 is 0 Å². The molecule has 6 heteroatoms. The predicted molar refractivity (Wildman–Crippen MR) is 108 cm³/mol. The number of aliphatic imine (C=N–C) groups is 1. The van der Waals surface area contributed by atoms with Crippen molar-refractivity contribution in [3.63, 3.8) is 0 Å². The first-order valence-electron chi connectivity index (χ1n) is 9.20. The van der Waals surface area contributed by atoms with Crippen molar-refractivity contribution in [3.8, 4) is 5.75 Å². The van der Waals surface area contributed by atoms with Crippen LogP contribution in [0.25, 0.3) is 0 Å². The molecule has 0 atom stereocenters. The van der Waals surface area contributed by atoms with Crippen molar-refractivity contribution in [1.29, 1.82) is 0 Å². The molecule has 0 aliphatic carbocycles. The van der Waals surface area contributed by atoms with Crippen molar-refractivity contribution in [2.45, 2.75) is 54.2 Å². The molecule has 26 heavy (non-hydrogen) atoms. The van der Waals surface area contributed by atoms with Crippen LogP contribution < -0.4 is 20.7 Å². The van der Waals surface area contributed by atoms with E-state index in [-0.39, 0.29) is 12.0 Å². The first-order valence-corrected chi connectivity index (χ1v) is 9.20. The number of carbonyl (C=O) groups is 1. The van der Waals surface area contributed by atoms with Crippen LogP contribution in [-0.4, -0.2) is 38.1 Å². The van der Waals surface area contributed by atoms with Crippen LogP contribution in [0.2, 0.25) is 0 Å². The van der Waals surface area contributed by atoms with Gasteiger partial charge in [0.05, 0.1) is 18.1 Å². The molecule has 146 valence electrons. The lowest BCUT2D eigenvalue weighted by atomic mass is 9.92. The van der Waals surface area contributed by atoms with Crippen molar-refractivity contribution >= 4 is 11.9 Å². The van der Waals surface area contributed by atoms with Gasteiger partial charge in [0.1, 0.15) is 5.75 Å². The van der Waals surface area contributed by atoms with Crippen LogP contribution in [0, 0.1) is 12.3 Å². The Balaban J connectivity index is 2.88. The maximum absolute atomic E-state index is 11.9. The number of amides is 1. The molecule has 0 unspecified atom stereocenters. The average molecular weight is 363 g/mol. The van der Waals surface area contributed by atoms with Crippen molar-refractivity contribution in [2.75, 3.05) is 20.1 Å². The molecule has 0 saturated carbocycles. The molecule has 0 aromatic heterocycles. The van der Waals surface area contributed by atoms with E-state index in [4.69, 9.17) is 4.74 Å². The minimum atomic E-state index is -0.527. The Kier molecular flexibility index (Phi) is 8.42. The summed E-state index contributed by atoms with van der Waals surface area (Å²) in [5.74, 6) is 1.54. The second-order valence-electron chi connectivity index (χ2n) is 7.29. The number of guanidine groups is 1. The monoisotopic (exact) mass is 362 g/mol. The highest BCUT2D eigenvalue weighted by molar-refractivity contribution is 5.84. The Morgan fingerprint density at radius 3 is 2.54 bits per heavy atom. The largest absolute Gasteiger partial charge is 0.491 e. The van der Waals surface area contributed by atoms with E-state index in [1.54, 1.807) is 7.05 Å². The second-order valence-corrected chi connectivity index (χ2v) is 7.29. The SMILES string of the molecule is CCNC(=NCc1ccc(C)cc1OC(C)C)NCC(C)(C)C(=O)NC. The number of aryl methyl sites for hydroxylation is 1. The maximum Gasteiger partial charge on any atom is 0.227 e. The van der Waals surface area contributed by atoms with Gasteiger partial charge in [0.25, 0.3) is 0 Å². The minimum Gasteiger partial charge on any atom is -0.491 e. The Bertz CT molecular complexity index is 624. The summed E-state index contributed by atoms with van der Waals surface area (Å²) < 4.78 is 5.92. The smallest absolute Gasteiger partial charge is 0.227 e. The van der Waals surface area contributed by atoms with E-state index >= 15 is 0 Å². The summed E-state index contributed by atoms with van der Waals surface area (Å²) in [7, 11) is 1.65. The van der Waals surface area contributed by atoms with E-state index in [0.717, 1.165) is 23.4 Å². The molecule has 0 radical (unpaired) electrons. The van der Waals surface area contributed by atoms with Crippen molar-refractivity contribution in [2.24, 2.45) is 10.4 Å². The molecule has 0 fully saturated rings. The topological polar surface area (TPSA) is 74.8 Å². The van der Waals surface area contributed by atoms with E-state index in [2.05, 4.69) is 33.1 Å². The lowest BCUT2D eigenvalue weighted by Gasteiger charge is -2.24. The van der Waals surface area contributed by atoms with Crippen LogP contribution in [0.5, 0.6) is 5.75 Å². The molecule has 1 rings (SSSR count). The van der Waals surface area contributed by atoms with Crippen LogP contribution in [0.15, 0.2) is 23.2 Å². The van der Waals surface area contributed by atoms with Gasteiger partial charge in [0.2, 0.25) is 5.91 Å². The van der Waals surface area contributed by atoms with E-state index in [1.165, 1.54) is 0 Å². The summed E-state index contributed by atoms with van der Waals surface area (Å²) in [6, 6.07) is 6.15. The van der Waals surface area contributed by atoms with Crippen LogP contribution in [0.1, 0.15) is 45.7 Å². The third kappa shape index (κ3) is 6.94. The molecule has 6 nitrogen and oxygen atoms in total. The molecule has 0 heterocycles. The number of nitrogens with zero attached hydrogens (tertiary/aromatic N) is 1. The molecule has 0 saturated heterocycles. The first kappa shape index (κ1) is 21.8. The van der Waals surface area contributed by atoms with E-state index < -0.39 is 5.41 Å². The van der Waals surface area contributed by atoms with Crippen molar-refractivity contribution < 1.29 is 9.53 Å². The molecule has 0 bridgehead atoms. The maximum atomic E-state index is 11.9. The van der Waals surface area contributed by atoms with E-state index in [0.29, 0.717) is 19.0 Å². The lowest BCUT2D eigenvalue weighted by Crippen LogP contribution is -2.47. The number of carbonyl (C=O) groups excluding carboxylic acids is 1. The number of hydrogen-bond acceptors (Lipinski definition) is 3. The zero-order valence-corrected chi connectivity index (χ0v) is 17.2. The van der Waals surface area contributed by atoms with Crippen molar-refractivity contribution in [3.05, 3.63) is 29.3 Å². The summed E-state index contributed by atoms with van der Waals surface area (Å²) in [6.07, 6.45) is 0.110. The summed E-state index contributed by atoms with van der Waals surface area (Å²) in [4.78, 5) is 16.6. The fraction of sp³-hybridized carbons (Fsp3) is 0.600. The molecule has 1 aromatic rings. The van der Waals surface area contributed by atoms with Crippen LogP contribution in [0.3, 0.4) is 0 Å². The van der Waals surface area contributed by atoms with Gasteiger partial charge in [0.15, 0.2) is 5.96 Å². The summed E-state index contributed by atoms with van der Waals surface area (Å²) in [5, 5.41) is 9.17. The zero-order valence-electron chi connectivity index (χ0n) is 17.2. The summed E-state index contributed by atoms with van der Waals surface area (Å²) in [5.41, 5.74) is 1.67. The van der Waals surface area contributed by atoms with Gasteiger partial charge in [-0.1, -0.05) is 12.1 Å². The zero-order chi connectivity index (χ0) is 19.7. The third-order valence-corrected chi connectivity index (χ3v) is 3.88. The molecule has 3 N–H and O–H groups in total. The van der Waals surface area contributed by atoms with E-state index in [1.807, 2.05) is 47.6 Å². The Morgan fingerprint density at radius 1 is 1.27 bits per heavy atom. The van der Waals surface area contributed by atoms with Gasteiger partial charge in [-0.05, 0) is 53.2 Å². The van der Waals surface area contributed by atoms with Gasteiger partial charge in [-0.2, -0.15) is 0 Å². The number of hydrogen-bond donors (Lipinski definition) is 3. The average Bonchev–Trinajstić information content (AvgIpc) is 2.57. The number of rotatable bonds is 8. The Hall–Kier alpha value is -2.24. The van der Waals surface area contributed by atoms with Gasteiger partial charge < -0.3 is 20.7 Å². The van der Waals surface area contributed by atoms with Crippen molar-refractivity contribution in [1.82, 2.24) is 16.0 Å². The summed E-state index contributed by atoms with van der Waals surface area (Å²) >= 11 is 0. The fourth-order valence-electron chi connectivity index (χ4n) is 2.39. The highest BCUT2D eigenvalue weighted by Gasteiger charge is 2.26. The molecule has 1 amide bonds. The highest BCUT2D eigenvalue weighted by Crippen LogP contribution is 2.22. The number of ether oxygens (including phenoxy) is 1. The molecular weight excluding hydrogens is 328 g/mol. The first-order chi connectivity index (χ1) is 12.2. The van der Waals surface area contributed by atoms with E-state index in [9.17, 15) is 4.79 Å². The van der Waals surface area contributed by atoms with Gasteiger partial charge in [0, 0.05) is 25.7 Å². The minimum absolute atomic E-state index is 0.00740. The molecular formula is C20H34N4O2. The quantitative estimate of drug-likeness (QED) is 0.491. The normalized spacial score (nSPS) is 12.1. The lowest BCUT2D eigenvalue weighted by molar-refractivity contribution is -0.128. The number of nitrogens with one attached hydrogen (secondary N) is 3. The highest BCUT2D eigenvalue weighted by atomic mass is 16.5. The predicted octanol–water partition coefficient (Wildman–Crippen LogP) is 2.61. The van der Waals surface area contributed by atoms with Crippen LogP contribution >= 0.6 is 0 Å². The molecule has 0 spiro atoms. The van der Waals surface area contributed by atoms with Crippen LogP contribution in [0.4, 0.5) is 0 Å². The third-order valence-electron chi connectivity index (χ3n) is 3.88. The molecule has 0 aliphatic rings. The Labute approximate surface area is 157 Å². The molecule has 0 aliphatic heterocycles. The Morgan fingerprint density at radius 2 is 1.96 bits per heavy atom. The fourth-order valence-corrected chi connectivity index (χ4v) is 2.39. The standard InChI is InChI=1S/C20H34N4O2/c1-8-22-19(24-13-20(5,6)18(25)21-7)23-12-16-10-9-15(4)11-17(16)26-14(2)3/h9-11,14H,8,12-13H2,1-7H3,(H,21,25)(H2,22,23,24). The van der Waals surface area contributed by atoms with Gasteiger partial charge in [-0.3, -0.25) is 4.79 Å². The van der Waals surface area contributed by atoms with Gasteiger partial charge in [-0.25, -0.2) is 4.99 Å².